The molecule has 0 amide bonds. The number of benzene rings is 1. The molecule has 1 fully saturated rings. The van der Waals surface area contributed by atoms with Crippen LogP contribution in [0.4, 0.5) is 4.39 Å². The lowest BCUT2D eigenvalue weighted by atomic mass is 9.82. The van der Waals surface area contributed by atoms with Crippen LogP contribution in [0.15, 0.2) is 18.2 Å². The number of ether oxygens (including phenoxy) is 1. The highest BCUT2D eigenvalue weighted by Crippen LogP contribution is 2.30. The van der Waals surface area contributed by atoms with E-state index in [1.807, 2.05) is 0 Å². The highest BCUT2D eigenvalue weighted by atomic mass is 35.5. The van der Waals surface area contributed by atoms with Crippen molar-refractivity contribution in [3.05, 3.63) is 34.6 Å². The van der Waals surface area contributed by atoms with Gasteiger partial charge in [-0.25, -0.2) is 4.39 Å². The third-order valence-corrected chi connectivity index (χ3v) is 4.52. The molecule has 0 aliphatic heterocycles. The molecule has 4 heteroatoms. The summed E-state index contributed by atoms with van der Waals surface area (Å²) in [6.07, 6.45) is 5.09. The number of rotatable bonds is 5. The van der Waals surface area contributed by atoms with E-state index >= 15 is 0 Å². The van der Waals surface area contributed by atoms with Crippen LogP contribution in [0.25, 0.3) is 0 Å². The Morgan fingerprint density at radius 3 is 2.70 bits per heavy atom. The fraction of sp³-hybridized carbons (Fsp3) is 0.625. The molecule has 2 nitrogen and oxygen atoms in total. The minimum atomic E-state index is -0.698. The largest absolute Gasteiger partial charge is 0.390 e. The lowest BCUT2D eigenvalue weighted by Gasteiger charge is -2.32. The molecule has 1 aromatic carbocycles. The molecule has 1 aliphatic carbocycles. The molecule has 112 valence electrons. The smallest absolute Gasteiger partial charge is 0.145 e. The van der Waals surface area contributed by atoms with Crippen LogP contribution in [0.5, 0.6) is 0 Å². The summed E-state index contributed by atoms with van der Waals surface area (Å²) in [5.41, 5.74) is 0.447. The van der Waals surface area contributed by atoms with Gasteiger partial charge in [-0.3, -0.25) is 0 Å². The Morgan fingerprint density at radius 2 is 2.05 bits per heavy atom. The average Bonchev–Trinajstić information content (AvgIpc) is 2.46. The molecule has 0 aromatic heterocycles. The van der Waals surface area contributed by atoms with Crippen LogP contribution in [-0.4, -0.2) is 24.4 Å². The maximum atomic E-state index is 13.9. The minimum Gasteiger partial charge on any atom is -0.390 e. The first-order valence-electron chi connectivity index (χ1n) is 7.27. The van der Waals surface area contributed by atoms with E-state index in [4.69, 9.17) is 16.3 Å². The highest BCUT2D eigenvalue weighted by molar-refractivity contribution is 6.30. The second-order valence-electron chi connectivity index (χ2n) is 5.58. The first-order chi connectivity index (χ1) is 9.63. The maximum Gasteiger partial charge on any atom is 0.145 e. The van der Waals surface area contributed by atoms with E-state index in [-0.39, 0.29) is 17.5 Å². The van der Waals surface area contributed by atoms with Crippen molar-refractivity contribution >= 4 is 11.6 Å². The molecule has 0 heterocycles. The van der Waals surface area contributed by atoms with Gasteiger partial charge >= 0.3 is 0 Å². The molecule has 1 N–H and O–H groups in total. The lowest BCUT2D eigenvalue weighted by Crippen LogP contribution is -2.37. The summed E-state index contributed by atoms with van der Waals surface area (Å²) in [5, 5.41) is 10.5. The maximum absolute atomic E-state index is 13.9. The van der Waals surface area contributed by atoms with Crippen LogP contribution >= 0.6 is 11.6 Å². The van der Waals surface area contributed by atoms with Crippen molar-refractivity contribution in [2.24, 2.45) is 5.92 Å². The van der Waals surface area contributed by atoms with Gasteiger partial charge in [-0.05, 0) is 30.4 Å². The third kappa shape index (κ3) is 3.72. The third-order valence-electron chi connectivity index (χ3n) is 4.23. The number of halogens is 2. The molecule has 20 heavy (non-hydrogen) atoms. The molecule has 2 atom stereocenters. The molecule has 0 spiro atoms. The van der Waals surface area contributed by atoms with Crippen LogP contribution in [0.2, 0.25) is 5.02 Å². The second-order valence-corrected chi connectivity index (χ2v) is 5.99. The van der Waals surface area contributed by atoms with Gasteiger partial charge in [0.25, 0.3) is 0 Å². The Balaban J connectivity index is 2.04. The van der Waals surface area contributed by atoms with Crippen molar-refractivity contribution < 1.29 is 14.2 Å². The average molecular weight is 301 g/mol. The van der Waals surface area contributed by atoms with E-state index in [9.17, 15) is 9.50 Å². The zero-order valence-electron chi connectivity index (χ0n) is 11.8. The Labute approximate surface area is 124 Å². The predicted molar refractivity (Wildman–Crippen MR) is 78.5 cm³/mol. The van der Waals surface area contributed by atoms with Gasteiger partial charge < -0.3 is 9.84 Å². The Kier molecular flexibility index (Phi) is 5.82. The van der Waals surface area contributed by atoms with E-state index in [0.29, 0.717) is 11.5 Å². The van der Waals surface area contributed by atoms with Crippen molar-refractivity contribution in [2.45, 2.75) is 50.7 Å². The van der Waals surface area contributed by atoms with Gasteiger partial charge in [0, 0.05) is 13.5 Å². The van der Waals surface area contributed by atoms with Gasteiger partial charge in [0.15, 0.2) is 0 Å². The first kappa shape index (κ1) is 15.7. The topological polar surface area (TPSA) is 29.5 Å². The van der Waals surface area contributed by atoms with Crippen LogP contribution in [-0.2, 0) is 11.2 Å². The predicted octanol–water partition coefficient (Wildman–Crippen LogP) is 3.98. The molecular weight excluding hydrogens is 279 g/mol. The fourth-order valence-electron chi connectivity index (χ4n) is 3.17. The van der Waals surface area contributed by atoms with Crippen molar-refractivity contribution in [1.82, 2.24) is 0 Å². The molecule has 1 aliphatic rings. The lowest BCUT2D eigenvalue weighted by molar-refractivity contribution is -0.0538. The van der Waals surface area contributed by atoms with Gasteiger partial charge in [-0.15, -0.1) is 0 Å². The normalized spacial score (nSPS) is 19.8. The van der Waals surface area contributed by atoms with Crippen LogP contribution in [0.3, 0.4) is 0 Å². The van der Waals surface area contributed by atoms with Gasteiger partial charge in [-0.2, -0.15) is 0 Å². The van der Waals surface area contributed by atoms with Gasteiger partial charge in [0.1, 0.15) is 5.82 Å². The van der Waals surface area contributed by atoms with E-state index in [1.54, 1.807) is 19.2 Å². The van der Waals surface area contributed by atoms with Gasteiger partial charge in [-0.1, -0.05) is 43.0 Å². The number of aliphatic hydroxyl groups excluding tert-OH is 1. The number of hydrogen-bond acceptors (Lipinski definition) is 2. The summed E-state index contributed by atoms with van der Waals surface area (Å²) in [5.74, 6) is -0.0716. The van der Waals surface area contributed by atoms with E-state index in [1.165, 1.54) is 25.3 Å². The molecule has 0 bridgehead atoms. The summed E-state index contributed by atoms with van der Waals surface area (Å²) in [7, 11) is 1.62. The Morgan fingerprint density at radius 1 is 1.35 bits per heavy atom. The minimum absolute atomic E-state index is 0.0985. The Bertz CT molecular complexity index is 432. The van der Waals surface area contributed by atoms with Gasteiger partial charge in [0.2, 0.25) is 0 Å². The van der Waals surface area contributed by atoms with Gasteiger partial charge in [0.05, 0.1) is 17.2 Å². The summed E-state index contributed by atoms with van der Waals surface area (Å²) < 4.78 is 19.4. The van der Waals surface area contributed by atoms with E-state index < -0.39 is 11.9 Å². The van der Waals surface area contributed by atoms with E-state index in [2.05, 4.69) is 0 Å². The summed E-state index contributed by atoms with van der Waals surface area (Å²) in [6.45, 7) is 0. The fourth-order valence-corrected chi connectivity index (χ4v) is 3.37. The summed E-state index contributed by atoms with van der Waals surface area (Å²) >= 11 is 5.77. The van der Waals surface area contributed by atoms with Crippen molar-refractivity contribution in [3.8, 4) is 0 Å². The molecule has 0 radical (unpaired) electrons. The Hall–Kier alpha value is -0.640. The molecule has 1 aromatic rings. The molecule has 2 rings (SSSR count). The summed E-state index contributed by atoms with van der Waals surface area (Å²) in [4.78, 5) is 0. The van der Waals surface area contributed by atoms with E-state index in [0.717, 1.165) is 12.8 Å². The highest BCUT2D eigenvalue weighted by Gasteiger charge is 2.30. The number of hydrogen-bond donors (Lipinski definition) is 1. The molecule has 2 unspecified atom stereocenters. The van der Waals surface area contributed by atoms with Crippen molar-refractivity contribution in [3.63, 3.8) is 0 Å². The second kappa shape index (κ2) is 7.39. The monoisotopic (exact) mass is 300 g/mol. The molecule has 1 saturated carbocycles. The van der Waals surface area contributed by atoms with Crippen LogP contribution < -0.4 is 0 Å². The van der Waals surface area contributed by atoms with Crippen LogP contribution in [0.1, 0.15) is 37.7 Å². The van der Waals surface area contributed by atoms with Crippen molar-refractivity contribution in [2.75, 3.05) is 7.11 Å². The zero-order valence-corrected chi connectivity index (χ0v) is 12.6. The van der Waals surface area contributed by atoms with Crippen LogP contribution in [0, 0.1) is 11.7 Å². The SMILES string of the molecule is COC(C(O)Cc1cccc(Cl)c1F)C1CCCCC1. The number of methoxy groups -OCH3 is 1. The zero-order chi connectivity index (χ0) is 14.5. The quantitative estimate of drug-likeness (QED) is 0.891. The molecular formula is C16H22ClFO2. The van der Waals surface area contributed by atoms with Crippen molar-refractivity contribution in [1.29, 1.82) is 0 Å². The molecule has 0 saturated heterocycles. The number of aliphatic hydroxyl groups is 1. The summed E-state index contributed by atoms with van der Waals surface area (Å²) in [6, 6.07) is 4.88. The standard InChI is InChI=1S/C16H22ClFO2/c1-20-16(11-6-3-2-4-7-11)14(19)10-12-8-5-9-13(17)15(12)18/h5,8-9,11,14,16,19H,2-4,6-7,10H2,1H3. The first-order valence-corrected chi connectivity index (χ1v) is 7.65.